The number of rotatable bonds is 4. The lowest BCUT2D eigenvalue weighted by molar-refractivity contribution is 0.227. The number of anilines is 1. The summed E-state index contributed by atoms with van der Waals surface area (Å²) >= 11 is 0. The fourth-order valence-corrected chi connectivity index (χ4v) is 4.76. The number of hydrogen-bond donors (Lipinski definition) is 0. The number of benzene rings is 2. The van der Waals surface area contributed by atoms with Gasteiger partial charge in [0.15, 0.2) is 0 Å². The quantitative estimate of drug-likeness (QED) is 0.628. The molecule has 3 heteroatoms. The molecule has 26 heavy (non-hydrogen) atoms. The van der Waals surface area contributed by atoms with E-state index in [1.807, 2.05) is 0 Å². The zero-order chi connectivity index (χ0) is 17.5. The summed E-state index contributed by atoms with van der Waals surface area (Å²) in [7, 11) is 0. The van der Waals surface area contributed by atoms with E-state index in [9.17, 15) is 0 Å². The summed E-state index contributed by atoms with van der Waals surface area (Å²) < 4.78 is 0. The molecule has 0 radical (unpaired) electrons. The van der Waals surface area contributed by atoms with Gasteiger partial charge in [-0.2, -0.15) is 0 Å². The van der Waals surface area contributed by atoms with Crippen molar-refractivity contribution in [3.8, 4) is 0 Å². The lowest BCUT2D eigenvalue weighted by Crippen LogP contribution is -2.32. The van der Waals surface area contributed by atoms with Crippen LogP contribution in [0.3, 0.4) is 0 Å². The lowest BCUT2D eigenvalue weighted by atomic mass is 10.0. The van der Waals surface area contributed by atoms with E-state index >= 15 is 0 Å². The third-order valence-electron chi connectivity index (χ3n) is 6.08. The number of piperidine rings is 1. The summed E-state index contributed by atoms with van der Waals surface area (Å²) in [5.74, 6) is 0. The minimum absolute atomic E-state index is 1.03. The van der Waals surface area contributed by atoms with E-state index in [0.717, 1.165) is 24.1 Å². The first-order chi connectivity index (χ1) is 12.8. The third-order valence-corrected chi connectivity index (χ3v) is 6.08. The van der Waals surface area contributed by atoms with E-state index in [-0.39, 0.29) is 0 Å². The number of hydrogen-bond acceptors (Lipinski definition) is 3. The molecular formula is C23H27N3. The fourth-order valence-electron chi connectivity index (χ4n) is 4.76. The van der Waals surface area contributed by atoms with Crippen LogP contribution in [0.2, 0.25) is 0 Å². The average molecular weight is 345 g/mol. The van der Waals surface area contributed by atoms with Gasteiger partial charge in [0, 0.05) is 29.5 Å². The Hall–Kier alpha value is -2.13. The third kappa shape index (κ3) is 2.75. The van der Waals surface area contributed by atoms with Crippen molar-refractivity contribution < 1.29 is 0 Å². The molecule has 1 saturated heterocycles. The maximum absolute atomic E-state index is 4.93. The second kappa shape index (κ2) is 6.55. The fraction of sp³-hybridized carbons (Fsp3) is 0.435. The van der Waals surface area contributed by atoms with E-state index in [2.05, 4.69) is 53.1 Å². The van der Waals surface area contributed by atoms with Crippen molar-refractivity contribution in [1.82, 2.24) is 9.88 Å². The second-order valence-corrected chi connectivity index (χ2v) is 7.96. The van der Waals surface area contributed by atoms with Crippen LogP contribution in [0.5, 0.6) is 0 Å². The molecule has 0 unspecified atom stereocenters. The van der Waals surface area contributed by atoms with Gasteiger partial charge in [-0.05, 0) is 75.6 Å². The molecule has 0 bridgehead atoms. The number of likely N-dealkylation sites (tertiary alicyclic amines) is 1. The Bertz CT molecular complexity index is 956. The van der Waals surface area contributed by atoms with Crippen molar-refractivity contribution >= 4 is 27.5 Å². The minimum Gasteiger partial charge on any atom is -0.367 e. The van der Waals surface area contributed by atoms with Crippen molar-refractivity contribution in [2.75, 3.05) is 31.1 Å². The highest BCUT2D eigenvalue weighted by Crippen LogP contribution is 2.40. The van der Waals surface area contributed by atoms with Crippen LogP contribution in [-0.2, 0) is 6.54 Å². The molecule has 1 fully saturated rings. The molecule has 2 aliphatic heterocycles. The SMILES string of the molecule is Cc1ccc2nc3cccc4c3c(c2c1)CN4CCCN1CCCCC1. The first-order valence-corrected chi connectivity index (χ1v) is 10.1. The van der Waals surface area contributed by atoms with Gasteiger partial charge < -0.3 is 9.80 Å². The maximum atomic E-state index is 4.93. The lowest BCUT2D eigenvalue weighted by Gasteiger charge is -2.27. The summed E-state index contributed by atoms with van der Waals surface area (Å²) in [6.45, 7) is 8.16. The molecule has 3 aromatic rings. The van der Waals surface area contributed by atoms with Crippen molar-refractivity contribution in [2.24, 2.45) is 0 Å². The molecule has 0 saturated carbocycles. The van der Waals surface area contributed by atoms with E-state index in [4.69, 9.17) is 4.98 Å². The summed E-state index contributed by atoms with van der Waals surface area (Å²) in [5.41, 5.74) is 6.45. The number of pyridine rings is 1. The molecule has 0 N–H and O–H groups in total. The maximum Gasteiger partial charge on any atom is 0.0734 e. The van der Waals surface area contributed by atoms with Crippen LogP contribution in [0.15, 0.2) is 36.4 Å². The van der Waals surface area contributed by atoms with Gasteiger partial charge in [-0.1, -0.05) is 24.1 Å². The van der Waals surface area contributed by atoms with Gasteiger partial charge in [-0.15, -0.1) is 0 Å². The summed E-state index contributed by atoms with van der Waals surface area (Å²) in [6, 6.07) is 13.3. The largest absolute Gasteiger partial charge is 0.367 e. The first kappa shape index (κ1) is 16.1. The molecule has 2 aromatic carbocycles. The van der Waals surface area contributed by atoms with Crippen LogP contribution < -0.4 is 4.90 Å². The zero-order valence-corrected chi connectivity index (χ0v) is 15.7. The molecule has 0 aliphatic carbocycles. The Kier molecular flexibility index (Phi) is 4.05. The summed E-state index contributed by atoms with van der Waals surface area (Å²) in [6.07, 6.45) is 5.42. The molecule has 0 amide bonds. The van der Waals surface area contributed by atoms with Crippen LogP contribution >= 0.6 is 0 Å². The van der Waals surface area contributed by atoms with E-state index in [1.165, 1.54) is 72.9 Å². The van der Waals surface area contributed by atoms with Crippen molar-refractivity contribution in [2.45, 2.75) is 39.2 Å². The molecule has 3 nitrogen and oxygen atoms in total. The molecule has 1 aromatic heterocycles. The summed E-state index contributed by atoms with van der Waals surface area (Å²) in [5, 5.41) is 2.71. The Labute approximate surface area is 155 Å². The van der Waals surface area contributed by atoms with Gasteiger partial charge in [0.25, 0.3) is 0 Å². The summed E-state index contributed by atoms with van der Waals surface area (Å²) in [4.78, 5) is 10.2. The van der Waals surface area contributed by atoms with Gasteiger partial charge >= 0.3 is 0 Å². The predicted octanol–water partition coefficient (Wildman–Crippen LogP) is 4.89. The Morgan fingerprint density at radius 3 is 2.73 bits per heavy atom. The Balaban J connectivity index is 1.43. The highest BCUT2D eigenvalue weighted by Gasteiger charge is 2.24. The number of fused-ring (bicyclic) bond motifs is 2. The van der Waals surface area contributed by atoms with Crippen LogP contribution in [0.25, 0.3) is 21.8 Å². The van der Waals surface area contributed by atoms with Crippen LogP contribution in [0, 0.1) is 6.92 Å². The smallest absolute Gasteiger partial charge is 0.0734 e. The Morgan fingerprint density at radius 2 is 1.85 bits per heavy atom. The predicted molar refractivity (Wildman–Crippen MR) is 110 cm³/mol. The Morgan fingerprint density at radius 1 is 0.962 bits per heavy atom. The number of nitrogens with zero attached hydrogens (tertiary/aromatic N) is 3. The van der Waals surface area contributed by atoms with Crippen LogP contribution in [0.1, 0.15) is 36.8 Å². The van der Waals surface area contributed by atoms with Crippen molar-refractivity contribution in [3.63, 3.8) is 0 Å². The van der Waals surface area contributed by atoms with Crippen LogP contribution in [-0.4, -0.2) is 36.1 Å². The van der Waals surface area contributed by atoms with Crippen molar-refractivity contribution in [3.05, 3.63) is 47.5 Å². The molecule has 0 spiro atoms. The van der Waals surface area contributed by atoms with Crippen LogP contribution in [0.4, 0.5) is 5.69 Å². The zero-order valence-electron chi connectivity index (χ0n) is 15.7. The van der Waals surface area contributed by atoms with Gasteiger partial charge in [-0.25, -0.2) is 4.98 Å². The van der Waals surface area contributed by atoms with Gasteiger partial charge in [0.1, 0.15) is 0 Å². The molecule has 3 heterocycles. The molecule has 5 rings (SSSR count). The van der Waals surface area contributed by atoms with E-state index in [1.54, 1.807) is 0 Å². The highest BCUT2D eigenvalue weighted by atomic mass is 15.2. The number of aromatic nitrogens is 1. The normalized spacial score (nSPS) is 17.5. The van der Waals surface area contributed by atoms with E-state index < -0.39 is 0 Å². The molecule has 2 aliphatic rings. The molecular weight excluding hydrogens is 318 g/mol. The first-order valence-electron chi connectivity index (χ1n) is 10.1. The van der Waals surface area contributed by atoms with Crippen molar-refractivity contribution in [1.29, 1.82) is 0 Å². The standard InChI is InChI=1S/C23H27N3/c1-17-9-10-20-18(15-17)19-16-26(14-6-13-25-11-3-2-4-12-25)22-8-5-7-21(24-20)23(19)22/h5,7-10,15H,2-4,6,11-14,16H2,1H3. The van der Waals surface area contributed by atoms with Gasteiger partial charge in [0.05, 0.1) is 11.0 Å². The minimum atomic E-state index is 1.03. The monoisotopic (exact) mass is 345 g/mol. The van der Waals surface area contributed by atoms with Gasteiger partial charge in [-0.3, -0.25) is 0 Å². The van der Waals surface area contributed by atoms with E-state index in [0.29, 0.717) is 0 Å². The molecule has 0 atom stereocenters. The second-order valence-electron chi connectivity index (χ2n) is 7.96. The highest BCUT2D eigenvalue weighted by molar-refractivity contribution is 6.06. The van der Waals surface area contributed by atoms with Gasteiger partial charge in [0.2, 0.25) is 0 Å². The average Bonchev–Trinajstić information content (AvgIpc) is 3.04. The topological polar surface area (TPSA) is 19.4 Å². The molecule has 134 valence electrons. The number of aryl methyl sites for hydroxylation is 1.